The van der Waals surface area contributed by atoms with Gasteiger partial charge in [-0.05, 0) is 22.2 Å². The van der Waals surface area contributed by atoms with Gasteiger partial charge >= 0.3 is 11.3 Å². The molecule has 0 bridgehead atoms. The normalized spacial score (nSPS) is 11.7. The third-order valence-electron chi connectivity index (χ3n) is 4.78. The Morgan fingerprint density at radius 3 is 1.91 bits per heavy atom. The van der Waals surface area contributed by atoms with E-state index < -0.39 is 14.0 Å². The minimum absolute atomic E-state index is 0.192. The summed E-state index contributed by atoms with van der Waals surface area (Å²) in [7, 11) is -2.33. The highest BCUT2D eigenvalue weighted by Gasteiger charge is 2.57. The van der Waals surface area contributed by atoms with Crippen molar-refractivity contribution in [2.45, 2.75) is 64.8 Å². The van der Waals surface area contributed by atoms with Crippen LogP contribution in [0.2, 0.25) is 16.6 Å². The van der Waals surface area contributed by atoms with Gasteiger partial charge in [0.1, 0.15) is 6.61 Å². The topological polar surface area (TPSA) is 62.7 Å². The first-order chi connectivity index (χ1) is 10.8. The number of hydrogen-bond acceptors (Lipinski definition) is 2. The molecule has 1 aromatic carbocycles. The van der Waals surface area contributed by atoms with E-state index in [4.69, 9.17) is 4.74 Å². The Morgan fingerprint density at radius 1 is 1.04 bits per heavy atom. The number of esters is 1. The van der Waals surface area contributed by atoms with Crippen LogP contribution < -0.4 is 0 Å². The van der Waals surface area contributed by atoms with E-state index >= 15 is 0 Å². The molecule has 0 saturated carbocycles. The summed E-state index contributed by atoms with van der Waals surface area (Å²) >= 11 is 0. The Labute approximate surface area is 140 Å². The van der Waals surface area contributed by atoms with E-state index in [0.717, 1.165) is 5.56 Å². The maximum absolute atomic E-state index is 12.6. The van der Waals surface area contributed by atoms with E-state index in [-0.39, 0.29) is 28.6 Å². The van der Waals surface area contributed by atoms with Crippen molar-refractivity contribution in [1.29, 1.82) is 0 Å². The smallest absolute Gasteiger partial charge is 0.410 e. The molecule has 0 saturated heterocycles. The van der Waals surface area contributed by atoms with E-state index in [2.05, 4.69) is 46.3 Å². The summed E-state index contributed by atoms with van der Waals surface area (Å²) in [6.45, 7) is 12.9. The van der Waals surface area contributed by atoms with Crippen molar-refractivity contribution in [3.05, 3.63) is 41.4 Å². The van der Waals surface area contributed by atoms with Gasteiger partial charge in [-0.15, -0.1) is 0 Å². The molecule has 0 aliphatic heterocycles. The summed E-state index contributed by atoms with van der Waals surface area (Å²) in [5, 5.41) is 0.258. The molecule has 5 heteroatoms. The molecule has 1 rings (SSSR count). The zero-order chi connectivity index (χ0) is 17.6. The summed E-state index contributed by atoms with van der Waals surface area (Å²) in [4.78, 5) is 16.1. The lowest BCUT2D eigenvalue weighted by atomic mass is 10.2. The summed E-state index contributed by atoms with van der Waals surface area (Å²) in [6, 6.07) is 9.53. The zero-order valence-electron chi connectivity index (χ0n) is 15.0. The first-order valence-electron chi connectivity index (χ1n) is 8.21. The second kappa shape index (κ2) is 8.23. The summed E-state index contributed by atoms with van der Waals surface area (Å²) in [5.74, 6) is -0.487. The van der Waals surface area contributed by atoms with E-state index in [9.17, 15) is 10.3 Å². The van der Waals surface area contributed by atoms with Crippen molar-refractivity contribution in [2.75, 3.05) is 0 Å². The Morgan fingerprint density at radius 2 is 1.52 bits per heavy atom. The molecule has 0 spiro atoms. The van der Waals surface area contributed by atoms with Crippen LogP contribution in [0, 0.1) is 0 Å². The van der Waals surface area contributed by atoms with Crippen molar-refractivity contribution >= 4 is 19.4 Å². The van der Waals surface area contributed by atoms with Crippen molar-refractivity contribution in [3.8, 4) is 0 Å². The van der Waals surface area contributed by atoms with Crippen LogP contribution in [0.3, 0.4) is 0 Å². The molecular weight excluding hydrogens is 304 g/mol. The fourth-order valence-electron chi connectivity index (χ4n) is 3.92. The summed E-state index contributed by atoms with van der Waals surface area (Å²) in [6.07, 6.45) is 0. The summed E-state index contributed by atoms with van der Waals surface area (Å²) < 4.78 is 5.44. The molecule has 0 atom stereocenters. The van der Waals surface area contributed by atoms with Gasteiger partial charge in [0.2, 0.25) is 8.07 Å². The van der Waals surface area contributed by atoms with Crippen molar-refractivity contribution in [2.24, 2.45) is 0 Å². The van der Waals surface area contributed by atoms with Crippen LogP contribution >= 0.6 is 0 Å². The quantitative estimate of drug-likeness (QED) is 0.240. The predicted octanol–water partition coefficient (Wildman–Crippen LogP) is 4.62. The van der Waals surface area contributed by atoms with E-state index in [0.29, 0.717) is 0 Å². The van der Waals surface area contributed by atoms with Crippen LogP contribution in [-0.4, -0.2) is 24.2 Å². The maximum atomic E-state index is 12.6. The van der Waals surface area contributed by atoms with Gasteiger partial charge in [-0.1, -0.05) is 71.9 Å². The van der Waals surface area contributed by atoms with Crippen molar-refractivity contribution in [1.82, 2.24) is 0 Å². The third kappa shape index (κ3) is 3.98. The lowest BCUT2D eigenvalue weighted by Gasteiger charge is -2.37. The Kier molecular flexibility index (Phi) is 6.92. The SMILES string of the molecule is CC(C)[Si](C(=[N+]=[N-])C(=O)OCc1ccccc1)(C(C)C)C(C)C. The molecule has 0 heterocycles. The van der Waals surface area contributed by atoms with Gasteiger partial charge in [0.15, 0.2) is 0 Å². The Balaban J connectivity index is 3.09. The second-order valence-electron chi connectivity index (χ2n) is 6.91. The van der Waals surface area contributed by atoms with E-state index in [1.165, 1.54) is 0 Å². The molecule has 0 fully saturated rings. The predicted molar refractivity (Wildman–Crippen MR) is 95.9 cm³/mol. The minimum atomic E-state index is -2.33. The van der Waals surface area contributed by atoms with Crippen LogP contribution in [-0.2, 0) is 16.1 Å². The zero-order valence-corrected chi connectivity index (χ0v) is 16.0. The lowest BCUT2D eigenvalue weighted by Crippen LogP contribution is -2.56. The number of carbonyl (C=O) groups is 1. The first-order valence-corrected chi connectivity index (χ1v) is 10.4. The van der Waals surface area contributed by atoms with Crippen LogP contribution in [0.25, 0.3) is 5.53 Å². The standard InChI is InChI=1S/C18H28N2O2Si/c1-13(2)23(14(3)4,15(5)6)17(20-19)18(21)22-12-16-10-8-7-9-11-16/h7-11,13-15H,12H2,1-6H3. The van der Waals surface area contributed by atoms with Gasteiger partial charge in [0.05, 0.1) is 0 Å². The van der Waals surface area contributed by atoms with Crippen molar-refractivity contribution in [3.63, 3.8) is 0 Å². The molecule has 0 aromatic heterocycles. The molecule has 0 N–H and O–H groups in total. The second-order valence-corrected chi connectivity index (χ2v) is 12.7. The first kappa shape index (κ1) is 19.3. The average molecular weight is 333 g/mol. The fraction of sp³-hybridized carbons (Fsp3) is 0.556. The number of rotatable bonds is 7. The fourth-order valence-corrected chi connectivity index (χ4v) is 10.2. The molecule has 0 unspecified atom stereocenters. The molecule has 0 aliphatic carbocycles. The molecule has 0 radical (unpaired) electrons. The Hall–Kier alpha value is -1.71. The maximum Gasteiger partial charge on any atom is 0.410 e. The number of carbonyl (C=O) groups excluding carboxylic acids is 1. The largest absolute Gasteiger partial charge is 0.453 e. The highest BCUT2D eigenvalue weighted by molar-refractivity contribution is 7.15. The van der Waals surface area contributed by atoms with Gasteiger partial charge in [-0.3, -0.25) is 0 Å². The number of hydrogen-bond donors (Lipinski definition) is 0. The molecule has 4 nitrogen and oxygen atoms in total. The van der Waals surface area contributed by atoms with Crippen molar-refractivity contribution < 1.29 is 14.3 Å². The average Bonchev–Trinajstić information content (AvgIpc) is 2.49. The molecule has 126 valence electrons. The van der Waals surface area contributed by atoms with Gasteiger partial charge in [-0.25, -0.2) is 4.79 Å². The Bertz CT molecular complexity index is 554. The monoisotopic (exact) mass is 332 g/mol. The third-order valence-corrected chi connectivity index (χ3v) is 11.6. The number of nitrogens with zero attached hydrogens (tertiary/aromatic N) is 2. The van der Waals surface area contributed by atoms with Crippen LogP contribution in [0.4, 0.5) is 0 Å². The number of ether oxygens (including phenoxy) is 1. The minimum Gasteiger partial charge on any atom is -0.453 e. The van der Waals surface area contributed by atoms with E-state index in [1.807, 2.05) is 30.3 Å². The van der Waals surface area contributed by atoms with Crippen LogP contribution in [0.5, 0.6) is 0 Å². The lowest BCUT2D eigenvalue weighted by molar-refractivity contribution is -0.140. The van der Waals surface area contributed by atoms with Crippen LogP contribution in [0.15, 0.2) is 30.3 Å². The highest BCUT2D eigenvalue weighted by atomic mass is 28.3. The van der Waals surface area contributed by atoms with Gasteiger partial charge in [-0.2, -0.15) is 4.79 Å². The molecule has 0 amide bonds. The number of benzene rings is 1. The molecular formula is C18H28N2O2Si. The highest BCUT2D eigenvalue weighted by Crippen LogP contribution is 2.42. The van der Waals surface area contributed by atoms with Crippen LogP contribution in [0.1, 0.15) is 47.1 Å². The molecule has 1 aromatic rings. The van der Waals surface area contributed by atoms with Gasteiger partial charge in [0, 0.05) is 0 Å². The summed E-state index contributed by atoms with van der Waals surface area (Å²) in [5.41, 5.74) is 11.3. The molecule has 23 heavy (non-hydrogen) atoms. The van der Waals surface area contributed by atoms with E-state index in [1.54, 1.807) is 0 Å². The molecule has 0 aliphatic rings. The van der Waals surface area contributed by atoms with Gasteiger partial charge in [0.25, 0.3) is 0 Å². The van der Waals surface area contributed by atoms with Gasteiger partial charge < -0.3 is 10.3 Å².